The van der Waals surface area contributed by atoms with E-state index < -0.39 is 16.0 Å². The average Bonchev–Trinajstić information content (AvgIpc) is 3.77. The van der Waals surface area contributed by atoms with E-state index in [1.165, 1.54) is 29.4 Å². The van der Waals surface area contributed by atoms with Crippen LogP contribution in [0.1, 0.15) is 21.5 Å². The maximum Gasteiger partial charge on any atom is 0.340 e. The van der Waals surface area contributed by atoms with Gasteiger partial charge in [0.2, 0.25) is 0 Å². The Morgan fingerprint density at radius 1 is 0.796 bits per heavy atom. The molecule has 7 rings (SSSR count). The third-order valence-electron chi connectivity index (χ3n) is 8.03. The Morgan fingerprint density at radius 3 is 2.00 bits per heavy atom. The van der Waals surface area contributed by atoms with Crippen LogP contribution < -0.4 is 4.90 Å². The normalized spacial score (nSPS) is 11.5. The van der Waals surface area contributed by atoms with Crippen molar-refractivity contribution in [3.05, 3.63) is 144 Å². The predicted molar refractivity (Wildman–Crippen MR) is 186 cm³/mol. The molecule has 4 aromatic heterocycles. The van der Waals surface area contributed by atoms with Crippen molar-refractivity contribution in [2.24, 2.45) is 7.05 Å². The van der Waals surface area contributed by atoms with Crippen molar-refractivity contribution in [3.63, 3.8) is 0 Å². The Balaban J connectivity index is 1.55. The molecular formula is C37H31N7O4S. The first-order valence-corrected chi connectivity index (χ1v) is 16.9. The van der Waals surface area contributed by atoms with Crippen molar-refractivity contribution in [2.75, 3.05) is 12.0 Å². The SMILES string of the molecule is COC(=O)c1cnc(N(Cc2ccccc2)Cc2ccccc2)c2c1cc(-c1cccc(-c3ncn(C)n3)n1)n2S(=O)(=O)c1ccccc1. The first-order chi connectivity index (χ1) is 23.8. The van der Waals surface area contributed by atoms with Crippen LogP contribution in [0.15, 0.2) is 133 Å². The predicted octanol–water partition coefficient (Wildman–Crippen LogP) is 6.12. The molecule has 244 valence electrons. The molecule has 0 N–H and O–H groups in total. The molecule has 0 aliphatic rings. The van der Waals surface area contributed by atoms with E-state index in [0.29, 0.717) is 41.5 Å². The van der Waals surface area contributed by atoms with Crippen molar-refractivity contribution in [2.45, 2.75) is 18.0 Å². The summed E-state index contributed by atoms with van der Waals surface area (Å²) in [6.07, 6.45) is 3.01. The van der Waals surface area contributed by atoms with E-state index in [0.717, 1.165) is 11.1 Å². The number of methoxy groups -OCH3 is 1. The smallest absolute Gasteiger partial charge is 0.340 e. The van der Waals surface area contributed by atoms with Gasteiger partial charge < -0.3 is 9.64 Å². The van der Waals surface area contributed by atoms with Gasteiger partial charge in [-0.2, -0.15) is 0 Å². The fourth-order valence-corrected chi connectivity index (χ4v) is 7.31. The second-order valence-electron chi connectivity index (χ2n) is 11.3. The number of anilines is 1. The topological polar surface area (TPSA) is 125 Å². The fourth-order valence-electron chi connectivity index (χ4n) is 5.77. The molecule has 0 atom stereocenters. The number of hydrogen-bond donors (Lipinski definition) is 0. The van der Waals surface area contributed by atoms with Crippen molar-refractivity contribution < 1.29 is 17.9 Å². The Morgan fingerprint density at radius 2 is 1.41 bits per heavy atom. The van der Waals surface area contributed by atoms with Crippen LogP contribution in [0.3, 0.4) is 0 Å². The first-order valence-electron chi connectivity index (χ1n) is 15.4. The molecule has 0 unspecified atom stereocenters. The standard InChI is InChI=1S/C37H31N7O4S/c1-42-25-39-35(41-42)32-20-12-19-31(40-32)33-21-29-30(37(45)48-2)22-38-36(34(29)44(33)49(46,47)28-17-10-5-11-18-28)43(23-26-13-6-3-7-14-26)24-27-15-8-4-9-16-27/h3-22,25H,23-24H2,1-2H3. The van der Waals surface area contributed by atoms with Crippen LogP contribution in [-0.2, 0) is 34.9 Å². The Kier molecular flexibility index (Phi) is 8.45. The third-order valence-corrected chi connectivity index (χ3v) is 9.76. The number of aromatic nitrogens is 6. The molecule has 0 aliphatic heterocycles. The van der Waals surface area contributed by atoms with E-state index in [9.17, 15) is 13.2 Å². The van der Waals surface area contributed by atoms with Crippen molar-refractivity contribution in [1.82, 2.24) is 28.7 Å². The number of nitrogens with zero attached hydrogens (tertiary/aromatic N) is 7. The summed E-state index contributed by atoms with van der Waals surface area (Å²) < 4.78 is 37.7. The van der Waals surface area contributed by atoms with Crippen LogP contribution in [0.5, 0.6) is 0 Å². The molecular weight excluding hydrogens is 639 g/mol. The minimum absolute atomic E-state index is 0.0587. The highest BCUT2D eigenvalue weighted by molar-refractivity contribution is 7.90. The van der Waals surface area contributed by atoms with Gasteiger partial charge in [-0.25, -0.2) is 32.1 Å². The molecule has 0 spiro atoms. The van der Waals surface area contributed by atoms with Gasteiger partial charge in [0, 0.05) is 31.7 Å². The lowest BCUT2D eigenvalue weighted by Gasteiger charge is -2.26. The Labute approximate surface area is 283 Å². The lowest BCUT2D eigenvalue weighted by Crippen LogP contribution is -2.25. The minimum Gasteiger partial charge on any atom is -0.465 e. The van der Waals surface area contributed by atoms with Gasteiger partial charge in [-0.3, -0.25) is 4.68 Å². The van der Waals surface area contributed by atoms with Gasteiger partial charge in [-0.05, 0) is 41.5 Å². The number of esters is 1. The van der Waals surface area contributed by atoms with Crippen LogP contribution in [0, 0.1) is 0 Å². The van der Waals surface area contributed by atoms with E-state index in [1.807, 2.05) is 65.6 Å². The van der Waals surface area contributed by atoms with E-state index in [4.69, 9.17) is 14.7 Å². The van der Waals surface area contributed by atoms with Crippen LogP contribution in [0.25, 0.3) is 33.8 Å². The summed E-state index contributed by atoms with van der Waals surface area (Å²) in [5, 5.41) is 4.73. The number of ether oxygens (including phenoxy) is 1. The second-order valence-corrected chi connectivity index (χ2v) is 13.1. The molecule has 0 radical (unpaired) electrons. The number of benzene rings is 3. The molecule has 4 heterocycles. The molecule has 0 aliphatic carbocycles. The van der Waals surface area contributed by atoms with E-state index >= 15 is 0 Å². The minimum atomic E-state index is -4.30. The summed E-state index contributed by atoms with van der Waals surface area (Å²) in [6, 6.07) is 34.8. The maximum atomic E-state index is 14.8. The zero-order chi connectivity index (χ0) is 34.0. The number of fused-ring (bicyclic) bond motifs is 1. The molecule has 0 fully saturated rings. The number of carbonyl (C=O) groups excluding carboxylic acids is 1. The summed E-state index contributed by atoms with van der Waals surface area (Å²) in [6.45, 7) is 0.806. The maximum absolute atomic E-state index is 14.8. The van der Waals surface area contributed by atoms with Crippen molar-refractivity contribution >= 4 is 32.7 Å². The molecule has 0 bridgehead atoms. The quantitative estimate of drug-likeness (QED) is 0.158. The molecule has 49 heavy (non-hydrogen) atoms. The zero-order valence-corrected chi connectivity index (χ0v) is 27.5. The molecule has 3 aromatic carbocycles. The van der Waals surface area contributed by atoms with Crippen LogP contribution in [0.4, 0.5) is 5.82 Å². The summed E-state index contributed by atoms with van der Waals surface area (Å²) in [5.41, 5.74) is 3.34. The first kappa shape index (κ1) is 31.5. The molecule has 0 amide bonds. The fraction of sp³-hybridized carbons (Fsp3) is 0.108. The summed E-state index contributed by atoms with van der Waals surface area (Å²) in [7, 11) is -1.27. The largest absolute Gasteiger partial charge is 0.465 e. The summed E-state index contributed by atoms with van der Waals surface area (Å²) in [4.78, 5) is 29.3. The third kappa shape index (κ3) is 6.17. The van der Waals surface area contributed by atoms with E-state index in [2.05, 4.69) is 10.1 Å². The van der Waals surface area contributed by atoms with Gasteiger partial charge in [0.05, 0.1) is 29.0 Å². The van der Waals surface area contributed by atoms with E-state index in [-0.39, 0.29) is 21.7 Å². The highest BCUT2D eigenvalue weighted by atomic mass is 32.2. The van der Waals surface area contributed by atoms with Crippen molar-refractivity contribution in [1.29, 1.82) is 0 Å². The number of rotatable bonds is 10. The second kappa shape index (κ2) is 13.2. The van der Waals surface area contributed by atoms with Gasteiger partial charge >= 0.3 is 5.97 Å². The van der Waals surface area contributed by atoms with E-state index in [1.54, 1.807) is 60.5 Å². The number of carbonyl (C=O) groups is 1. The lowest BCUT2D eigenvalue weighted by molar-refractivity contribution is 0.0602. The van der Waals surface area contributed by atoms with Gasteiger partial charge in [0.1, 0.15) is 17.5 Å². The van der Waals surface area contributed by atoms with Crippen LogP contribution >= 0.6 is 0 Å². The molecule has 0 saturated carbocycles. The van der Waals surface area contributed by atoms with Crippen molar-refractivity contribution in [3.8, 4) is 22.9 Å². The number of hydrogen-bond acceptors (Lipinski definition) is 9. The highest BCUT2D eigenvalue weighted by Crippen LogP contribution is 2.39. The average molecular weight is 670 g/mol. The lowest BCUT2D eigenvalue weighted by atomic mass is 10.1. The molecule has 7 aromatic rings. The Hall–Kier alpha value is -6.14. The summed E-state index contributed by atoms with van der Waals surface area (Å²) in [5.74, 6) is 0.0954. The molecule has 11 nitrogen and oxygen atoms in total. The van der Waals surface area contributed by atoms with Gasteiger partial charge in [0.15, 0.2) is 11.6 Å². The van der Waals surface area contributed by atoms with Crippen LogP contribution in [0.2, 0.25) is 0 Å². The highest BCUT2D eigenvalue weighted by Gasteiger charge is 2.31. The molecule has 12 heteroatoms. The summed E-state index contributed by atoms with van der Waals surface area (Å²) >= 11 is 0. The zero-order valence-electron chi connectivity index (χ0n) is 26.7. The van der Waals surface area contributed by atoms with Crippen LogP contribution in [-0.4, -0.2) is 50.2 Å². The number of pyridine rings is 2. The number of aryl methyl sites for hydroxylation is 1. The van der Waals surface area contributed by atoms with Gasteiger partial charge in [-0.15, -0.1) is 5.10 Å². The van der Waals surface area contributed by atoms with Gasteiger partial charge in [-0.1, -0.05) is 84.9 Å². The molecule has 0 saturated heterocycles. The Bertz CT molecular complexity index is 2340. The van der Waals surface area contributed by atoms with Gasteiger partial charge in [0.25, 0.3) is 10.0 Å². The monoisotopic (exact) mass is 669 g/mol.